The van der Waals surface area contributed by atoms with Crippen LogP contribution in [0.5, 0.6) is 0 Å². The minimum Gasteiger partial charge on any atom is -0.361 e. The zero-order valence-corrected chi connectivity index (χ0v) is 18.0. The third-order valence-corrected chi connectivity index (χ3v) is 7.50. The molecule has 2 aromatic rings. The van der Waals surface area contributed by atoms with Crippen molar-refractivity contribution in [1.29, 1.82) is 0 Å². The first-order valence-electron chi connectivity index (χ1n) is 11.0. The zero-order valence-electron chi connectivity index (χ0n) is 18.0. The van der Waals surface area contributed by atoms with Gasteiger partial charge in [0.05, 0.1) is 18.1 Å². The lowest BCUT2D eigenvalue weighted by Gasteiger charge is -2.49. The van der Waals surface area contributed by atoms with Crippen molar-refractivity contribution < 1.29 is 5.11 Å². The lowest BCUT2D eigenvalue weighted by Crippen LogP contribution is -2.54. The van der Waals surface area contributed by atoms with Gasteiger partial charge in [-0.2, -0.15) is 0 Å². The summed E-state index contributed by atoms with van der Waals surface area (Å²) < 4.78 is 0. The largest absolute Gasteiger partial charge is 0.361 e. The summed E-state index contributed by atoms with van der Waals surface area (Å²) in [4.78, 5) is 15.6. The fourth-order valence-corrected chi connectivity index (χ4v) is 5.37. The van der Waals surface area contributed by atoms with E-state index in [4.69, 9.17) is 0 Å². The number of aromatic nitrogens is 2. The van der Waals surface area contributed by atoms with Gasteiger partial charge in [0.25, 0.3) is 0 Å². The van der Waals surface area contributed by atoms with Gasteiger partial charge in [0, 0.05) is 30.7 Å². The highest BCUT2D eigenvalue weighted by molar-refractivity contribution is 5.48. The second-order valence-electron chi connectivity index (χ2n) is 9.30. The number of aliphatic hydroxyl groups is 1. The highest BCUT2D eigenvalue weighted by atomic mass is 16.3. The molecule has 1 aromatic carbocycles. The molecule has 3 fully saturated rings. The molecule has 1 spiro atoms. The Morgan fingerprint density at radius 3 is 2.27 bits per heavy atom. The first kappa shape index (κ1) is 19.7. The van der Waals surface area contributed by atoms with Crippen molar-refractivity contribution in [3.63, 3.8) is 0 Å². The van der Waals surface area contributed by atoms with E-state index >= 15 is 0 Å². The monoisotopic (exact) mass is 408 g/mol. The summed E-state index contributed by atoms with van der Waals surface area (Å²) >= 11 is 0. The molecule has 3 heterocycles. The number of benzene rings is 1. The number of anilines is 2. The summed E-state index contributed by atoms with van der Waals surface area (Å²) in [7, 11) is 4.37. The molecule has 1 atom stereocenters. The molecule has 0 radical (unpaired) electrons. The SMILES string of the molecule is CN(C)[C@]1(c2ccccc2)CC[C@]2(CC1)CN(c1cnc(N3CCC3)nc1)C(O)N2. The van der Waals surface area contributed by atoms with Crippen LogP contribution < -0.4 is 15.1 Å². The molecule has 0 bridgehead atoms. The van der Waals surface area contributed by atoms with Crippen molar-refractivity contribution in [3.05, 3.63) is 48.3 Å². The summed E-state index contributed by atoms with van der Waals surface area (Å²) in [6, 6.07) is 10.8. The van der Waals surface area contributed by atoms with E-state index in [2.05, 4.69) is 69.5 Å². The van der Waals surface area contributed by atoms with Crippen LogP contribution in [-0.4, -0.2) is 65.6 Å². The maximum Gasteiger partial charge on any atom is 0.225 e. The Morgan fingerprint density at radius 1 is 1.03 bits per heavy atom. The number of hydrogen-bond donors (Lipinski definition) is 2. The van der Waals surface area contributed by atoms with Crippen LogP contribution in [0.1, 0.15) is 37.7 Å². The minimum absolute atomic E-state index is 0.0501. The normalized spacial score (nSPS) is 31.4. The molecule has 7 heteroatoms. The molecular formula is C23H32N6O. The number of hydrogen-bond acceptors (Lipinski definition) is 7. The summed E-state index contributed by atoms with van der Waals surface area (Å²) in [6.07, 6.45) is 8.35. The number of aliphatic hydroxyl groups excluding tert-OH is 1. The molecule has 2 saturated heterocycles. The molecular weight excluding hydrogens is 376 g/mol. The van der Waals surface area contributed by atoms with Crippen LogP contribution in [0.2, 0.25) is 0 Å². The van der Waals surface area contributed by atoms with E-state index in [0.717, 1.165) is 57.0 Å². The topological polar surface area (TPSA) is 67.8 Å². The van der Waals surface area contributed by atoms with E-state index in [0.29, 0.717) is 0 Å². The third kappa shape index (κ3) is 3.25. The standard InChI is InChI=1S/C23H32N6O/c1-27(2)23(18-7-4-3-5-8-18)11-9-22(10-12-23)17-29(21(30)26-22)19-15-24-20(25-16-19)28-13-6-14-28/h3-5,7-8,15-16,21,26,30H,6,9-14,17H2,1-2H3/t21?,22-,23+. The van der Waals surface area contributed by atoms with Gasteiger partial charge in [-0.3, -0.25) is 10.2 Å². The van der Waals surface area contributed by atoms with Crippen molar-refractivity contribution >= 4 is 11.6 Å². The number of rotatable bonds is 4. The van der Waals surface area contributed by atoms with E-state index in [1.54, 1.807) is 0 Å². The minimum atomic E-state index is -0.702. The van der Waals surface area contributed by atoms with Gasteiger partial charge in [-0.1, -0.05) is 30.3 Å². The fourth-order valence-electron chi connectivity index (χ4n) is 5.37. The van der Waals surface area contributed by atoms with Gasteiger partial charge in [-0.05, 0) is 51.8 Å². The zero-order chi connectivity index (χ0) is 20.8. The van der Waals surface area contributed by atoms with Crippen LogP contribution in [0.25, 0.3) is 0 Å². The lowest BCUT2D eigenvalue weighted by molar-refractivity contribution is 0.0513. The Kier molecular flexibility index (Phi) is 4.92. The van der Waals surface area contributed by atoms with Crippen molar-refractivity contribution in [2.45, 2.75) is 49.5 Å². The Labute approximate surface area is 178 Å². The van der Waals surface area contributed by atoms with Crippen molar-refractivity contribution in [2.24, 2.45) is 0 Å². The van der Waals surface area contributed by atoms with Crippen LogP contribution in [0.3, 0.4) is 0 Å². The third-order valence-electron chi connectivity index (χ3n) is 7.50. The maximum absolute atomic E-state index is 10.8. The second kappa shape index (κ2) is 7.48. The predicted octanol–water partition coefficient (Wildman–Crippen LogP) is 2.14. The van der Waals surface area contributed by atoms with Gasteiger partial charge in [0.15, 0.2) is 6.35 Å². The predicted molar refractivity (Wildman–Crippen MR) is 118 cm³/mol. The van der Waals surface area contributed by atoms with Gasteiger partial charge >= 0.3 is 0 Å². The Balaban J connectivity index is 1.31. The summed E-state index contributed by atoms with van der Waals surface area (Å²) in [5, 5.41) is 14.3. The van der Waals surface area contributed by atoms with Gasteiger partial charge < -0.3 is 14.9 Å². The number of nitrogens with one attached hydrogen (secondary N) is 1. The molecule has 1 unspecified atom stereocenters. The van der Waals surface area contributed by atoms with Crippen molar-refractivity contribution in [3.8, 4) is 0 Å². The molecule has 160 valence electrons. The molecule has 7 nitrogen and oxygen atoms in total. The number of nitrogens with zero attached hydrogens (tertiary/aromatic N) is 5. The highest BCUT2D eigenvalue weighted by Gasteiger charge is 2.50. The van der Waals surface area contributed by atoms with Crippen LogP contribution in [0, 0.1) is 0 Å². The van der Waals surface area contributed by atoms with E-state index in [-0.39, 0.29) is 11.1 Å². The highest BCUT2D eigenvalue weighted by Crippen LogP contribution is 2.46. The molecule has 0 amide bonds. The van der Waals surface area contributed by atoms with E-state index in [9.17, 15) is 5.11 Å². The molecule has 2 aliphatic heterocycles. The van der Waals surface area contributed by atoms with Crippen molar-refractivity contribution in [2.75, 3.05) is 43.5 Å². The fraction of sp³-hybridized carbons (Fsp3) is 0.565. The average Bonchev–Trinajstić information content (AvgIpc) is 3.04. The van der Waals surface area contributed by atoms with Gasteiger partial charge in [0.2, 0.25) is 5.95 Å². The Hall–Kier alpha value is -2.22. The van der Waals surface area contributed by atoms with Crippen LogP contribution in [0.4, 0.5) is 11.6 Å². The average molecular weight is 409 g/mol. The quantitative estimate of drug-likeness (QED) is 0.803. The summed E-state index contributed by atoms with van der Waals surface area (Å²) in [5.41, 5.74) is 2.23. The van der Waals surface area contributed by atoms with Gasteiger partial charge in [-0.25, -0.2) is 9.97 Å². The lowest BCUT2D eigenvalue weighted by atomic mass is 9.69. The van der Waals surface area contributed by atoms with Gasteiger partial charge in [-0.15, -0.1) is 0 Å². The first-order valence-corrected chi connectivity index (χ1v) is 11.0. The molecule has 2 N–H and O–H groups in total. The van der Waals surface area contributed by atoms with Crippen LogP contribution in [0.15, 0.2) is 42.7 Å². The molecule has 1 aliphatic carbocycles. The van der Waals surface area contributed by atoms with Crippen LogP contribution in [-0.2, 0) is 5.54 Å². The summed E-state index contributed by atoms with van der Waals surface area (Å²) in [6.45, 7) is 2.84. The molecule has 5 rings (SSSR count). The second-order valence-corrected chi connectivity index (χ2v) is 9.30. The van der Waals surface area contributed by atoms with Crippen molar-refractivity contribution in [1.82, 2.24) is 20.2 Å². The van der Waals surface area contributed by atoms with Crippen LogP contribution >= 0.6 is 0 Å². The first-order chi connectivity index (χ1) is 14.5. The van der Waals surface area contributed by atoms with E-state index in [1.807, 2.05) is 17.3 Å². The van der Waals surface area contributed by atoms with Gasteiger partial charge in [0.1, 0.15) is 0 Å². The molecule has 1 saturated carbocycles. The molecule has 3 aliphatic rings. The Morgan fingerprint density at radius 2 is 1.70 bits per heavy atom. The van der Waals surface area contributed by atoms with E-state index < -0.39 is 6.35 Å². The smallest absolute Gasteiger partial charge is 0.225 e. The summed E-state index contributed by atoms with van der Waals surface area (Å²) in [5.74, 6) is 0.789. The van der Waals surface area contributed by atoms with E-state index in [1.165, 1.54) is 12.0 Å². The molecule has 1 aromatic heterocycles. The maximum atomic E-state index is 10.8. The molecule has 30 heavy (non-hydrogen) atoms. The Bertz CT molecular complexity index is 859.